The van der Waals surface area contributed by atoms with E-state index in [1.54, 1.807) is 11.0 Å². The van der Waals surface area contributed by atoms with Crippen LogP contribution < -0.4 is 5.56 Å². The number of amides is 1. The van der Waals surface area contributed by atoms with Crippen molar-refractivity contribution in [2.24, 2.45) is 0 Å². The molecule has 148 valence electrons. The SMILES string of the molecule is CC(C)(C)OC(=O)N1CCC(c2cc(=O)[nH]c3c4c(I)cccc4nn23)CC1. The molecule has 0 radical (unpaired) electrons. The Balaban J connectivity index is 1.64. The molecule has 0 atom stereocenters. The lowest BCUT2D eigenvalue weighted by Gasteiger charge is -2.33. The van der Waals surface area contributed by atoms with E-state index in [9.17, 15) is 9.59 Å². The van der Waals surface area contributed by atoms with Gasteiger partial charge in [0, 0.05) is 28.6 Å². The molecule has 0 bridgehead atoms. The molecular weight excluding hydrogens is 471 g/mol. The molecule has 0 spiro atoms. The molecule has 7 nitrogen and oxygen atoms in total. The molecule has 1 aliphatic heterocycles. The molecule has 1 saturated heterocycles. The van der Waals surface area contributed by atoms with E-state index in [0.29, 0.717) is 13.1 Å². The van der Waals surface area contributed by atoms with Crippen LogP contribution in [-0.2, 0) is 4.74 Å². The quantitative estimate of drug-likeness (QED) is 0.521. The van der Waals surface area contributed by atoms with Crippen molar-refractivity contribution < 1.29 is 9.53 Å². The van der Waals surface area contributed by atoms with Gasteiger partial charge in [-0.3, -0.25) is 4.79 Å². The third-order valence-corrected chi connectivity index (χ3v) is 5.88. The van der Waals surface area contributed by atoms with Gasteiger partial charge in [0.25, 0.3) is 5.56 Å². The number of aromatic nitrogens is 3. The normalized spacial score (nSPS) is 16.1. The highest BCUT2D eigenvalue weighted by atomic mass is 127. The number of aromatic amines is 1. The van der Waals surface area contributed by atoms with E-state index in [1.807, 2.05) is 43.5 Å². The van der Waals surface area contributed by atoms with Gasteiger partial charge in [-0.15, -0.1) is 0 Å². The number of ether oxygens (including phenoxy) is 1. The van der Waals surface area contributed by atoms with Crippen molar-refractivity contribution in [3.8, 4) is 0 Å². The van der Waals surface area contributed by atoms with E-state index in [-0.39, 0.29) is 17.6 Å². The van der Waals surface area contributed by atoms with Gasteiger partial charge in [-0.05, 0) is 68.3 Å². The molecule has 8 heteroatoms. The van der Waals surface area contributed by atoms with Crippen molar-refractivity contribution in [2.45, 2.75) is 45.1 Å². The number of carbonyl (C=O) groups is 1. The number of hydrogen-bond acceptors (Lipinski definition) is 4. The van der Waals surface area contributed by atoms with Crippen LogP contribution in [0.4, 0.5) is 4.79 Å². The third-order valence-electron chi connectivity index (χ3n) is 4.98. The summed E-state index contributed by atoms with van der Waals surface area (Å²) in [6.45, 7) is 6.82. The second kappa shape index (κ2) is 7.06. The standard InChI is InChI=1S/C20H23IN4O3/c1-20(2,3)28-19(27)24-9-7-12(8-10-24)15-11-16(26)22-18-17-13(21)5-4-6-14(17)23-25(15)18/h4-6,11-12H,7-10H2,1-3H3,(H,22,26). The lowest BCUT2D eigenvalue weighted by atomic mass is 9.93. The average molecular weight is 494 g/mol. The van der Waals surface area contributed by atoms with Gasteiger partial charge in [0.15, 0.2) is 0 Å². The van der Waals surface area contributed by atoms with Crippen LogP contribution in [0.25, 0.3) is 16.6 Å². The van der Waals surface area contributed by atoms with Crippen molar-refractivity contribution in [2.75, 3.05) is 13.1 Å². The van der Waals surface area contributed by atoms with Gasteiger partial charge in [0.2, 0.25) is 0 Å². The molecule has 1 amide bonds. The Hall–Kier alpha value is -2.10. The third kappa shape index (κ3) is 3.61. The first-order valence-corrected chi connectivity index (χ1v) is 10.5. The summed E-state index contributed by atoms with van der Waals surface area (Å²) >= 11 is 2.27. The van der Waals surface area contributed by atoms with Crippen LogP contribution in [0.5, 0.6) is 0 Å². The van der Waals surface area contributed by atoms with Gasteiger partial charge in [-0.2, -0.15) is 5.10 Å². The molecule has 0 saturated carbocycles. The van der Waals surface area contributed by atoms with Crippen LogP contribution in [0, 0.1) is 3.57 Å². The lowest BCUT2D eigenvalue weighted by Crippen LogP contribution is -2.41. The monoisotopic (exact) mass is 494 g/mol. The maximum absolute atomic E-state index is 12.3. The summed E-state index contributed by atoms with van der Waals surface area (Å²) in [6.07, 6.45) is 1.26. The maximum atomic E-state index is 12.3. The highest BCUT2D eigenvalue weighted by Crippen LogP contribution is 2.30. The van der Waals surface area contributed by atoms with Crippen LogP contribution in [0.3, 0.4) is 0 Å². The minimum Gasteiger partial charge on any atom is -0.444 e. The Labute approximate surface area is 176 Å². The number of benzene rings is 1. The van der Waals surface area contributed by atoms with Gasteiger partial charge < -0.3 is 14.6 Å². The van der Waals surface area contributed by atoms with Crippen molar-refractivity contribution in [1.82, 2.24) is 19.5 Å². The number of carbonyl (C=O) groups excluding carboxylic acids is 1. The molecule has 3 heterocycles. The fourth-order valence-corrected chi connectivity index (χ4v) is 4.46. The molecule has 1 fully saturated rings. The molecular formula is C20H23IN4O3. The topological polar surface area (TPSA) is 79.7 Å². The molecule has 1 aliphatic rings. The number of likely N-dealkylation sites (tertiary alicyclic amines) is 1. The number of halogens is 1. The molecule has 0 aliphatic carbocycles. The summed E-state index contributed by atoms with van der Waals surface area (Å²) in [5.74, 6) is 0.162. The van der Waals surface area contributed by atoms with E-state index in [1.165, 1.54) is 0 Å². The number of hydrogen-bond donors (Lipinski definition) is 1. The fraction of sp³-hybridized carbons (Fsp3) is 0.450. The predicted molar refractivity (Wildman–Crippen MR) is 116 cm³/mol. The summed E-state index contributed by atoms with van der Waals surface area (Å²) < 4.78 is 8.39. The zero-order valence-electron chi connectivity index (χ0n) is 16.2. The second-order valence-electron chi connectivity index (χ2n) is 8.19. The van der Waals surface area contributed by atoms with E-state index >= 15 is 0 Å². The molecule has 2 aromatic heterocycles. The van der Waals surface area contributed by atoms with Crippen LogP contribution in [0.1, 0.15) is 45.2 Å². The number of nitrogens with one attached hydrogen (secondary N) is 1. The molecule has 1 N–H and O–H groups in total. The Kier molecular flexibility index (Phi) is 4.84. The number of nitrogens with zero attached hydrogens (tertiary/aromatic N) is 3. The fourth-order valence-electron chi connectivity index (χ4n) is 3.72. The average Bonchev–Trinajstić information content (AvgIpc) is 2.99. The minimum absolute atomic E-state index is 0.126. The van der Waals surface area contributed by atoms with E-state index in [0.717, 1.165) is 38.7 Å². The molecule has 28 heavy (non-hydrogen) atoms. The smallest absolute Gasteiger partial charge is 0.410 e. The first-order valence-electron chi connectivity index (χ1n) is 9.41. The Morgan fingerprint density at radius 3 is 2.68 bits per heavy atom. The van der Waals surface area contributed by atoms with Crippen molar-refractivity contribution in [3.63, 3.8) is 0 Å². The molecule has 3 aromatic rings. The number of rotatable bonds is 1. The number of H-pyrrole nitrogens is 1. The van der Waals surface area contributed by atoms with Gasteiger partial charge in [0.1, 0.15) is 11.2 Å². The Morgan fingerprint density at radius 1 is 1.29 bits per heavy atom. The lowest BCUT2D eigenvalue weighted by molar-refractivity contribution is 0.0203. The van der Waals surface area contributed by atoms with E-state index < -0.39 is 5.60 Å². The Bertz CT molecular complexity index is 1100. The summed E-state index contributed by atoms with van der Waals surface area (Å²) in [5, 5.41) is 5.70. The summed E-state index contributed by atoms with van der Waals surface area (Å²) in [7, 11) is 0. The molecule has 4 rings (SSSR count). The predicted octanol–water partition coefficient (Wildman–Crippen LogP) is 3.89. The minimum atomic E-state index is -0.501. The van der Waals surface area contributed by atoms with Crippen molar-refractivity contribution in [1.29, 1.82) is 0 Å². The highest BCUT2D eigenvalue weighted by molar-refractivity contribution is 14.1. The van der Waals surface area contributed by atoms with E-state index in [4.69, 9.17) is 9.84 Å². The largest absolute Gasteiger partial charge is 0.444 e. The van der Waals surface area contributed by atoms with Crippen LogP contribution in [0.15, 0.2) is 29.1 Å². The Morgan fingerprint density at radius 2 is 2.00 bits per heavy atom. The van der Waals surface area contributed by atoms with Gasteiger partial charge >= 0.3 is 6.09 Å². The maximum Gasteiger partial charge on any atom is 0.410 e. The first-order chi connectivity index (χ1) is 13.2. The first kappa shape index (κ1) is 19.2. The molecule has 0 unspecified atom stereocenters. The summed E-state index contributed by atoms with van der Waals surface area (Å²) in [6, 6.07) is 7.57. The zero-order chi connectivity index (χ0) is 20.1. The summed E-state index contributed by atoms with van der Waals surface area (Å²) in [4.78, 5) is 29.3. The highest BCUT2D eigenvalue weighted by Gasteiger charge is 2.29. The van der Waals surface area contributed by atoms with Gasteiger partial charge in [-0.25, -0.2) is 9.31 Å². The van der Waals surface area contributed by atoms with Crippen molar-refractivity contribution >= 4 is 45.2 Å². The second-order valence-corrected chi connectivity index (χ2v) is 9.36. The van der Waals surface area contributed by atoms with Gasteiger partial charge in [-0.1, -0.05) is 6.07 Å². The number of piperidine rings is 1. The van der Waals surface area contributed by atoms with Gasteiger partial charge in [0.05, 0.1) is 16.6 Å². The van der Waals surface area contributed by atoms with E-state index in [2.05, 4.69) is 27.6 Å². The molecule has 1 aromatic carbocycles. The van der Waals surface area contributed by atoms with Crippen molar-refractivity contribution in [3.05, 3.63) is 43.9 Å². The van der Waals surface area contributed by atoms with Crippen LogP contribution in [0.2, 0.25) is 0 Å². The summed E-state index contributed by atoms with van der Waals surface area (Å²) in [5.41, 5.74) is 1.87. The van der Waals surface area contributed by atoms with Crippen LogP contribution >= 0.6 is 22.6 Å². The number of fused-ring (bicyclic) bond motifs is 3. The van der Waals surface area contributed by atoms with Crippen LogP contribution in [-0.4, -0.2) is 44.3 Å². The zero-order valence-corrected chi connectivity index (χ0v) is 18.3.